The molecular formula is C22H19N3O4S3. The fraction of sp³-hybridized carbons (Fsp3) is 0.136. The maximum absolute atomic E-state index is 12.9. The molecule has 10 heteroatoms. The topological polar surface area (TPSA) is 92.5 Å². The first kappa shape index (κ1) is 22.4. The minimum atomic E-state index is -4.20. The number of thioether (sulfide) groups is 1. The zero-order valence-corrected chi connectivity index (χ0v) is 19.5. The molecule has 32 heavy (non-hydrogen) atoms. The fourth-order valence-electron chi connectivity index (χ4n) is 3.18. The number of carbonyl (C=O) groups excluding carboxylic acids is 1. The summed E-state index contributed by atoms with van der Waals surface area (Å²) < 4.78 is 33.2. The van der Waals surface area contributed by atoms with Gasteiger partial charge in [-0.15, -0.1) is 0 Å². The molecule has 164 valence electrons. The van der Waals surface area contributed by atoms with Gasteiger partial charge in [0, 0.05) is 23.9 Å². The van der Waals surface area contributed by atoms with Gasteiger partial charge >= 0.3 is 0 Å². The lowest BCUT2D eigenvalue weighted by molar-refractivity contribution is -0.121. The molecule has 0 atom stereocenters. The molecule has 2 heterocycles. The summed E-state index contributed by atoms with van der Waals surface area (Å²) in [6.07, 6.45) is 3.56. The Morgan fingerprint density at radius 1 is 1.12 bits per heavy atom. The molecule has 0 aliphatic carbocycles. The fourth-order valence-corrected chi connectivity index (χ4v) is 4.90. The largest absolute Gasteiger partial charge is 0.292 e. The van der Waals surface area contributed by atoms with E-state index in [4.69, 9.17) is 21.9 Å². The van der Waals surface area contributed by atoms with Crippen molar-refractivity contribution in [2.45, 2.75) is 6.92 Å². The van der Waals surface area contributed by atoms with Crippen molar-refractivity contribution in [3.63, 3.8) is 0 Å². The van der Waals surface area contributed by atoms with E-state index in [1.807, 2.05) is 67.7 Å². The maximum Gasteiger partial charge on any atom is 0.266 e. The smallest absolute Gasteiger partial charge is 0.266 e. The summed E-state index contributed by atoms with van der Waals surface area (Å²) >= 11 is 6.35. The zero-order chi connectivity index (χ0) is 22.9. The predicted molar refractivity (Wildman–Crippen MR) is 130 cm³/mol. The molecule has 1 aliphatic rings. The number of amides is 1. The van der Waals surface area contributed by atoms with Crippen LogP contribution in [0.5, 0.6) is 0 Å². The van der Waals surface area contributed by atoms with Crippen molar-refractivity contribution in [1.29, 1.82) is 0 Å². The van der Waals surface area contributed by atoms with Gasteiger partial charge in [-0.3, -0.25) is 14.2 Å². The first-order chi connectivity index (χ1) is 15.2. The highest BCUT2D eigenvalue weighted by Gasteiger charge is 2.33. The van der Waals surface area contributed by atoms with Crippen LogP contribution in [0.4, 0.5) is 0 Å². The molecule has 0 spiro atoms. The highest BCUT2D eigenvalue weighted by Crippen LogP contribution is 2.34. The normalized spacial score (nSPS) is 15.7. The quantitative estimate of drug-likeness (QED) is 0.321. The lowest BCUT2D eigenvalue weighted by atomic mass is 10.1. The molecule has 1 saturated heterocycles. The van der Waals surface area contributed by atoms with Gasteiger partial charge in [-0.25, -0.2) is 4.68 Å². The van der Waals surface area contributed by atoms with Crippen LogP contribution in [-0.4, -0.2) is 50.2 Å². The first-order valence-electron chi connectivity index (χ1n) is 9.64. The molecule has 4 rings (SSSR count). The van der Waals surface area contributed by atoms with E-state index in [0.717, 1.165) is 34.1 Å². The Bertz CT molecular complexity index is 1310. The molecular weight excluding hydrogens is 466 g/mol. The Labute approximate surface area is 195 Å². The van der Waals surface area contributed by atoms with Crippen LogP contribution in [0, 0.1) is 6.92 Å². The van der Waals surface area contributed by atoms with E-state index in [-0.39, 0.29) is 10.9 Å². The van der Waals surface area contributed by atoms with Gasteiger partial charge in [-0.1, -0.05) is 72.0 Å². The van der Waals surface area contributed by atoms with Crippen LogP contribution in [0.2, 0.25) is 0 Å². The Balaban J connectivity index is 1.73. The third-order valence-electron chi connectivity index (χ3n) is 4.82. The highest BCUT2D eigenvalue weighted by atomic mass is 32.2. The number of hydrogen-bond acceptors (Lipinski definition) is 6. The van der Waals surface area contributed by atoms with Crippen LogP contribution < -0.4 is 0 Å². The number of aryl methyl sites for hydroxylation is 1. The van der Waals surface area contributed by atoms with Crippen LogP contribution in [0.3, 0.4) is 0 Å². The molecule has 1 fully saturated rings. The van der Waals surface area contributed by atoms with Gasteiger partial charge in [0.2, 0.25) is 0 Å². The van der Waals surface area contributed by atoms with Crippen molar-refractivity contribution in [2.75, 3.05) is 12.3 Å². The number of benzene rings is 2. The third-order valence-corrected chi connectivity index (χ3v) is 6.90. The van der Waals surface area contributed by atoms with E-state index in [9.17, 15) is 13.2 Å². The number of hydrogen-bond donors (Lipinski definition) is 1. The van der Waals surface area contributed by atoms with Crippen LogP contribution >= 0.6 is 24.0 Å². The zero-order valence-electron chi connectivity index (χ0n) is 17.0. The number of nitrogens with zero attached hydrogens (tertiary/aromatic N) is 3. The summed E-state index contributed by atoms with van der Waals surface area (Å²) in [5.41, 5.74) is 4.34. The molecule has 1 amide bonds. The molecule has 0 saturated carbocycles. The standard InChI is InChI=1S/C22H19N3O4S3/c1-15-7-9-16(10-8-15)20-17(14-25(23-20)18-5-3-2-4-6-18)13-19-21(26)24(22(30)31-19)11-12-32(27,28)29/h2-10,13-14H,11-12H2,1H3,(H,27,28,29)/b19-13-. The van der Waals surface area contributed by atoms with Gasteiger partial charge in [-0.05, 0) is 25.1 Å². The molecule has 0 unspecified atom stereocenters. The molecule has 1 N–H and O–H groups in total. The number of carbonyl (C=O) groups is 1. The van der Waals surface area contributed by atoms with Gasteiger partial charge in [-0.2, -0.15) is 13.5 Å². The lowest BCUT2D eigenvalue weighted by Crippen LogP contribution is -2.32. The van der Waals surface area contributed by atoms with Crippen molar-refractivity contribution in [2.24, 2.45) is 0 Å². The van der Waals surface area contributed by atoms with Gasteiger partial charge < -0.3 is 0 Å². The summed E-state index contributed by atoms with van der Waals surface area (Å²) in [6, 6.07) is 17.6. The van der Waals surface area contributed by atoms with E-state index in [1.165, 1.54) is 4.90 Å². The molecule has 2 aromatic carbocycles. The molecule has 1 aromatic heterocycles. The minimum absolute atomic E-state index is 0.199. The third kappa shape index (κ3) is 4.99. The highest BCUT2D eigenvalue weighted by molar-refractivity contribution is 8.26. The van der Waals surface area contributed by atoms with E-state index < -0.39 is 21.8 Å². The van der Waals surface area contributed by atoms with Crippen LogP contribution in [0.25, 0.3) is 23.0 Å². The average molecular weight is 486 g/mol. The van der Waals surface area contributed by atoms with Crippen molar-refractivity contribution in [1.82, 2.24) is 14.7 Å². The van der Waals surface area contributed by atoms with Crippen molar-refractivity contribution >= 4 is 50.4 Å². The van der Waals surface area contributed by atoms with Gasteiger partial charge in [0.15, 0.2) is 0 Å². The average Bonchev–Trinajstić information content (AvgIpc) is 3.28. The van der Waals surface area contributed by atoms with Crippen molar-refractivity contribution < 1.29 is 17.8 Å². The van der Waals surface area contributed by atoms with Gasteiger partial charge in [0.25, 0.3) is 16.0 Å². The molecule has 0 bridgehead atoms. The number of rotatable bonds is 6. The van der Waals surface area contributed by atoms with Gasteiger partial charge in [0.1, 0.15) is 4.32 Å². The second-order valence-electron chi connectivity index (χ2n) is 7.20. The Morgan fingerprint density at radius 2 is 1.81 bits per heavy atom. The molecule has 0 radical (unpaired) electrons. The number of para-hydroxylation sites is 1. The maximum atomic E-state index is 12.9. The Morgan fingerprint density at radius 3 is 2.47 bits per heavy atom. The Kier molecular flexibility index (Phi) is 6.29. The van der Waals surface area contributed by atoms with Crippen molar-refractivity contribution in [3.8, 4) is 16.9 Å². The lowest BCUT2D eigenvalue weighted by Gasteiger charge is -2.12. The molecule has 7 nitrogen and oxygen atoms in total. The van der Waals surface area contributed by atoms with Crippen LogP contribution in [-0.2, 0) is 14.9 Å². The summed E-state index contributed by atoms with van der Waals surface area (Å²) in [6.45, 7) is 1.81. The first-order valence-corrected chi connectivity index (χ1v) is 12.5. The van der Waals surface area contributed by atoms with E-state index in [0.29, 0.717) is 10.6 Å². The molecule has 3 aromatic rings. The molecule has 1 aliphatic heterocycles. The van der Waals surface area contributed by atoms with Crippen LogP contribution in [0.1, 0.15) is 11.1 Å². The number of thiocarbonyl (C=S) groups is 1. The summed E-state index contributed by atoms with van der Waals surface area (Å²) in [7, 11) is -4.20. The summed E-state index contributed by atoms with van der Waals surface area (Å²) in [5, 5.41) is 4.75. The second kappa shape index (κ2) is 8.99. The van der Waals surface area contributed by atoms with Gasteiger partial charge in [0.05, 0.1) is 22.0 Å². The van der Waals surface area contributed by atoms with Crippen molar-refractivity contribution in [3.05, 3.63) is 76.8 Å². The summed E-state index contributed by atoms with van der Waals surface area (Å²) in [4.78, 5) is 14.4. The SMILES string of the molecule is Cc1ccc(-c2nn(-c3ccccc3)cc2/C=C2\SC(=S)N(CCS(=O)(=O)O)C2=O)cc1. The second-order valence-corrected chi connectivity index (χ2v) is 10.4. The predicted octanol–water partition coefficient (Wildman–Crippen LogP) is 3.94. The van der Waals surface area contributed by atoms with E-state index in [1.54, 1.807) is 10.8 Å². The van der Waals surface area contributed by atoms with E-state index in [2.05, 4.69) is 0 Å². The van der Waals surface area contributed by atoms with E-state index >= 15 is 0 Å². The summed E-state index contributed by atoms with van der Waals surface area (Å²) in [5.74, 6) is -0.973. The Hall–Kier alpha value is -2.79. The minimum Gasteiger partial charge on any atom is -0.292 e. The monoisotopic (exact) mass is 485 g/mol. The van der Waals surface area contributed by atoms with Crippen LogP contribution in [0.15, 0.2) is 65.7 Å². The number of aromatic nitrogens is 2.